The highest BCUT2D eigenvalue weighted by atomic mass is 31.0. The molecule has 20 heavy (non-hydrogen) atoms. The first-order valence-electron chi connectivity index (χ1n) is 6.04. The Morgan fingerprint density at radius 1 is 0.750 bits per heavy atom. The highest BCUT2D eigenvalue weighted by Gasteiger charge is 2.15. The van der Waals surface area contributed by atoms with Crippen molar-refractivity contribution in [3.63, 3.8) is 0 Å². The van der Waals surface area contributed by atoms with E-state index in [0.717, 1.165) is 32.9 Å². The smallest absolute Gasteiger partial charge is 0.190 e. The van der Waals surface area contributed by atoms with E-state index in [2.05, 4.69) is 28.2 Å². The zero-order valence-electron chi connectivity index (χ0n) is 11.4. The second-order valence-electron chi connectivity index (χ2n) is 4.57. The van der Waals surface area contributed by atoms with Gasteiger partial charge in [-0.05, 0) is 46.7 Å². The third kappa shape index (κ3) is 2.34. The average Bonchev–Trinajstić information content (AvgIpc) is 2.42. The van der Waals surface area contributed by atoms with Crippen LogP contribution in [0, 0.1) is 27.0 Å². The van der Waals surface area contributed by atoms with E-state index in [1.54, 1.807) is 0 Å². The molecule has 0 aliphatic rings. The third-order valence-electron chi connectivity index (χ3n) is 3.43. The predicted molar refractivity (Wildman–Crippen MR) is 92.6 cm³/mol. The van der Waals surface area contributed by atoms with Crippen LogP contribution in [-0.4, -0.2) is 0 Å². The molecule has 0 heterocycles. The van der Waals surface area contributed by atoms with Crippen molar-refractivity contribution >= 4 is 40.5 Å². The van der Waals surface area contributed by atoms with Crippen LogP contribution in [0.25, 0.3) is 20.8 Å². The number of hydrogen-bond acceptors (Lipinski definition) is 0. The molecule has 0 aromatic heterocycles. The van der Waals surface area contributed by atoms with Crippen LogP contribution in [0.2, 0.25) is 0 Å². The van der Waals surface area contributed by atoms with Crippen LogP contribution in [0.4, 0.5) is 11.4 Å². The first-order valence-corrected chi connectivity index (χ1v) is 7.20. The van der Waals surface area contributed by atoms with Gasteiger partial charge in [0.2, 0.25) is 0 Å². The number of benzene rings is 2. The van der Waals surface area contributed by atoms with Crippen LogP contribution in [0.3, 0.4) is 0 Å². The van der Waals surface area contributed by atoms with Crippen molar-refractivity contribution in [2.24, 2.45) is 0 Å². The van der Waals surface area contributed by atoms with E-state index >= 15 is 0 Å². The molecule has 0 aliphatic carbocycles. The molecule has 0 spiro atoms. The fourth-order valence-corrected chi connectivity index (χ4v) is 3.26. The highest BCUT2D eigenvalue weighted by Crippen LogP contribution is 2.35. The summed E-state index contributed by atoms with van der Waals surface area (Å²) in [6.45, 7) is 18.5. The monoisotopic (exact) mass is 296 g/mol. The first kappa shape index (κ1) is 14.7. The van der Waals surface area contributed by atoms with Gasteiger partial charge in [0.05, 0.1) is 13.1 Å². The largest absolute Gasteiger partial charge is 0.238 e. The van der Waals surface area contributed by atoms with Crippen molar-refractivity contribution < 1.29 is 0 Å². The van der Waals surface area contributed by atoms with Gasteiger partial charge in [-0.2, -0.15) is 0 Å². The Balaban J connectivity index is 2.90. The molecule has 2 nitrogen and oxygen atoms in total. The molecule has 2 aromatic rings. The SMILES string of the molecule is [C-]#[N+]c1ccc(P)c(-c2c(P)ccc([N+]#[C-])c2C)c1C. The molecule has 0 amide bonds. The minimum atomic E-state index is 0.656. The normalized spacial score (nSPS) is 9.90. The summed E-state index contributed by atoms with van der Waals surface area (Å²) < 4.78 is 0. The fraction of sp³-hybridized carbons (Fsp3) is 0.125. The zero-order valence-corrected chi connectivity index (χ0v) is 13.7. The minimum Gasteiger partial charge on any atom is -0.238 e. The van der Waals surface area contributed by atoms with Gasteiger partial charge in [0.25, 0.3) is 0 Å². The van der Waals surface area contributed by atoms with E-state index in [9.17, 15) is 0 Å². The molecule has 0 saturated heterocycles. The van der Waals surface area contributed by atoms with Crippen LogP contribution >= 0.6 is 18.5 Å². The van der Waals surface area contributed by atoms with E-state index in [0.29, 0.717) is 11.4 Å². The van der Waals surface area contributed by atoms with Gasteiger partial charge in [-0.1, -0.05) is 24.3 Å². The summed E-state index contributed by atoms with van der Waals surface area (Å²) in [4.78, 5) is 7.15. The summed E-state index contributed by atoms with van der Waals surface area (Å²) in [5.41, 5.74) is 5.31. The molecule has 4 heteroatoms. The first-order chi connectivity index (χ1) is 9.51. The van der Waals surface area contributed by atoms with Gasteiger partial charge in [0.15, 0.2) is 11.4 Å². The quantitative estimate of drug-likeness (QED) is 0.554. The second kappa shape index (κ2) is 5.73. The number of nitrogens with zero attached hydrogens (tertiary/aromatic N) is 2. The topological polar surface area (TPSA) is 8.72 Å². The van der Waals surface area contributed by atoms with Gasteiger partial charge in [-0.25, -0.2) is 9.69 Å². The molecule has 0 radical (unpaired) electrons. The standard InChI is InChI=1S/C16H14N2P2/c1-9-11(17-3)5-7-13(19)15(9)16-10(2)12(18-4)6-8-14(16)20/h5-8H,19-20H2,1-2H3. The van der Waals surface area contributed by atoms with Crippen molar-refractivity contribution in [3.8, 4) is 11.1 Å². The maximum absolute atomic E-state index is 7.26. The Hall–Kier alpha value is -1.72. The molecule has 2 atom stereocenters. The molecule has 0 fully saturated rings. The van der Waals surface area contributed by atoms with E-state index in [1.807, 2.05) is 38.1 Å². The van der Waals surface area contributed by atoms with Gasteiger partial charge < -0.3 is 0 Å². The summed E-state index contributed by atoms with van der Waals surface area (Å²) in [6.07, 6.45) is 0. The maximum Gasteiger partial charge on any atom is 0.190 e. The lowest BCUT2D eigenvalue weighted by molar-refractivity contribution is 1.45. The van der Waals surface area contributed by atoms with Crippen molar-refractivity contribution in [1.82, 2.24) is 0 Å². The van der Waals surface area contributed by atoms with Gasteiger partial charge in [0, 0.05) is 0 Å². The molecule has 0 aliphatic heterocycles. The van der Waals surface area contributed by atoms with Crippen LogP contribution in [0.5, 0.6) is 0 Å². The van der Waals surface area contributed by atoms with Gasteiger partial charge >= 0.3 is 0 Å². The second-order valence-corrected chi connectivity index (χ2v) is 5.82. The van der Waals surface area contributed by atoms with E-state index in [1.165, 1.54) is 0 Å². The molecule has 2 rings (SSSR count). The van der Waals surface area contributed by atoms with Gasteiger partial charge in [-0.15, -0.1) is 18.5 Å². The van der Waals surface area contributed by atoms with Gasteiger partial charge in [0.1, 0.15) is 0 Å². The Morgan fingerprint density at radius 2 is 1.10 bits per heavy atom. The summed E-state index contributed by atoms with van der Waals surface area (Å²) in [5, 5.41) is 2.09. The summed E-state index contributed by atoms with van der Waals surface area (Å²) >= 11 is 0. The van der Waals surface area contributed by atoms with Gasteiger partial charge in [-0.3, -0.25) is 0 Å². The molecule has 0 bridgehead atoms. The lowest BCUT2D eigenvalue weighted by Crippen LogP contribution is -2.08. The summed E-state index contributed by atoms with van der Waals surface area (Å²) in [7, 11) is 5.45. The zero-order chi connectivity index (χ0) is 14.9. The molecule has 0 N–H and O–H groups in total. The number of hydrogen-bond donors (Lipinski definition) is 0. The third-order valence-corrected chi connectivity index (χ3v) is 4.39. The Labute approximate surface area is 124 Å². The summed E-state index contributed by atoms with van der Waals surface area (Å²) in [6, 6.07) is 7.55. The van der Waals surface area contributed by atoms with Crippen molar-refractivity contribution in [2.75, 3.05) is 0 Å². The van der Waals surface area contributed by atoms with Crippen LogP contribution < -0.4 is 10.6 Å². The lowest BCUT2D eigenvalue weighted by Gasteiger charge is -2.17. The molecular formula is C16H14N2P2. The molecule has 2 unspecified atom stereocenters. The fourth-order valence-electron chi connectivity index (χ4n) is 2.35. The molecular weight excluding hydrogens is 282 g/mol. The molecule has 2 aromatic carbocycles. The summed E-state index contributed by atoms with van der Waals surface area (Å²) in [5.74, 6) is 0. The van der Waals surface area contributed by atoms with E-state index < -0.39 is 0 Å². The van der Waals surface area contributed by atoms with E-state index in [-0.39, 0.29) is 0 Å². The van der Waals surface area contributed by atoms with Crippen LogP contribution in [-0.2, 0) is 0 Å². The molecule has 98 valence electrons. The molecule has 0 saturated carbocycles. The Morgan fingerprint density at radius 3 is 1.40 bits per heavy atom. The van der Waals surface area contributed by atoms with Crippen molar-refractivity contribution in [2.45, 2.75) is 13.8 Å². The Kier molecular flexibility index (Phi) is 4.20. The van der Waals surface area contributed by atoms with Crippen molar-refractivity contribution in [1.29, 1.82) is 0 Å². The average molecular weight is 296 g/mol. The Bertz CT molecular complexity index is 713. The van der Waals surface area contributed by atoms with Crippen molar-refractivity contribution in [3.05, 3.63) is 58.2 Å². The minimum absolute atomic E-state index is 0.656. The van der Waals surface area contributed by atoms with E-state index in [4.69, 9.17) is 13.1 Å². The maximum atomic E-state index is 7.26. The lowest BCUT2D eigenvalue weighted by atomic mass is 9.94. The van der Waals surface area contributed by atoms with Crippen LogP contribution in [0.15, 0.2) is 24.3 Å². The highest BCUT2D eigenvalue weighted by molar-refractivity contribution is 7.29. The van der Waals surface area contributed by atoms with Crippen LogP contribution in [0.1, 0.15) is 11.1 Å². The predicted octanol–water partition coefficient (Wildman–Crippen LogP) is 4.07. The number of rotatable bonds is 1.